The first-order chi connectivity index (χ1) is 10.3. The zero-order valence-electron chi connectivity index (χ0n) is 11.2. The number of hydrogen-bond acceptors (Lipinski definition) is 2. The molecule has 7 heteroatoms. The molecule has 0 bridgehead atoms. The molecule has 0 saturated heterocycles. The third kappa shape index (κ3) is 3.92. The summed E-state index contributed by atoms with van der Waals surface area (Å²) in [5.74, 6) is -0.450. The number of halogens is 4. The molecule has 0 heterocycles. The van der Waals surface area contributed by atoms with Gasteiger partial charge in [-0.1, -0.05) is 23.7 Å². The largest absolute Gasteiger partial charge is 0.487 e. The highest BCUT2D eigenvalue weighted by molar-refractivity contribution is 6.32. The first-order valence-corrected chi connectivity index (χ1v) is 6.53. The van der Waals surface area contributed by atoms with Gasteiger partial charge in [-0.15, -0.1) is 0 Å². The first-order valence-electron chi connectivity index (χ1n) is 6.15. The Balaban J connectivity index is 2.12. The molecule has 0 unspecified atom stereocenters. The van der Waals surface area contributed by atoms with E-state index in [0.717, 1.165) is 18.2 Å². The second kappa shape index (κ2) is 6.27. The Kier molecular flexibility index (Phi) is 4.61. The van der Waals surface area contributed by atoms with Crippen molar-refractivity contribution in [3.63, 3.8) is 0 Å². The van der Waals surface area contributed by atoms with E-state index in [4.69, 9.17) is 22.1 Å². The fraction of sp³-hybridized carbons (Fsp3) is 0.133. The van der Waals surface area contributed by atoms with Crippen LogP contribution in [0.1, 0.15) is 21.5 Å². The average molecular weight is 330 g/mol. The lowest BCUT2D eigenvalue weighted by Gasteiger charge is -2.11. The van der Waals surface area contributed by atoms with E-state index >= 15 is 0 Å². The van der Waals surface area contributed by atoms with Crippen LogP contribution in [0.2, 0.25) is 5.02 Å². The number of nitrogens with two attached hydrogens (primary N) is 1. The molecule has 2 rings (SSSR count). The van der Waals surface area contributed by atoms with Crippen molar-refractivity contribution in [1.82, 2.24) is 0 Å². The Labute approximate surface area is 129 Å². The number of alkyl halides is 3. The molecule has 0 atom stereocenters. The SMILES string of the molecule is NC(=O)c1cccc(COc2ccc(C(F)(F)F)cc2Cl)c1. The Morgan fingerprint density at radius 3 is 2.50 bits per heavy atom. The van der Waals surface area contributed by atoms with Crippen molar-refractivity contribution in [2.24, 2.45) is 5.73 Å². The fourth-order valence-electron chi connectivity index (χ4n) is 1.77. The van der Waals surface area contributed by atoms with Crippen LogP contribution in [0.5, 0.6) is 5.75 Å². The van der Waals surface area contributed by atoms with Crippen LogP contribution in [0.15, 0.2) is 42.5 Å². The quantitative estimate of drug-likeness (QED) is 0.920. The lowest BCUT2D eigenvalue weighted by molar-refractivity contribution is -0.137. The summed E-state index contributed by atoms with van der Waals surface area (Å²) in [6.45, 7) is 0.0478. The highest BCUT2D eigenvalue weighted by Crippen LogP contribution is 2.34. The summed E-state index contributed by atoms with van der Waals surface area (Å²) >= 11 is 5.78. The zero-order chi connectivity index (χ0) is 16.3. The third-order valence-corrected chi connectivity index (χ3v) is 3.16. The summed E-state index contributed by atoms with van der Waals surface area (Å²) in [7, 11) is 0. The van der Waals surface area contributed by atoms with Gasteiger partial charge in [0.1, 0.15) is 12.4 Å². The lowest BCUT2D eigenvalue weighted by Crippen LogP contribution is -2.11. The Morgan fingerprint density at radius 1 is 1.18 bits per heavy atom. The molecule has 2 N–H and O–H groups in total. The standard InChI is InChI=1S/C15H11ClF3NO2/c16-12-7-11(15(17,18)19)4-5-13(12)22-8-9-2-1-3-10(6-9)14(20)21/h1-7H,8H2,(H2,20,21). The summed E-state index contributed by atoms with van der Waals surface area (Å²) in [5, 5.41) is -0.138. The van der Waals surface area contributed by atoms with Gasteiger partial charge < -0.3 is 10.5 Å². The molecular weight excluding hydrogens is 319 g/mol. The van der Waals surface area contributed by atoms with Gasteiger partial charge in [-0.25, -0.2) is 0 Å². The molecule has 3 nitrogen and oxygen atoms in total. The number of primary amides is 1. The lowest BCUT2D eigenvalue weighted by atomic mass is 10.1. The summed E-state index contributed by atoms with van der Waals surface area (Å²) in [5.41, 5.74) is 5.28. The van der Waals surface area contributed by atoms with Gasteiger partial charge in [-0.05, 0) is 35.9 Å². The van der Waals surface area contributed by atoms with Crippen LogP contribution in [0.25, 0.3) is 0 Å². The molecule has 0 spiro atoms. The van der Waals surface area contributed by atoms with E-state index in [-0.39, 0.29) is 17.4 Å². The van der Waals surface area contributed by atoms with Crippen LogP contribution >= 0.6 is 11.6 Å². The van der Waals surface area contributed by atoms with Gasteiger partial charge in [0.2, 0.25) is 5.91 Å². The predicted octanol–water partition coefficient (Wildman–Crippen LogP) is 4.04. The molecule has 0 aliphatic heterocycles. The molecule has 0 aliphatic carbocycles. The molecule has 0 aliphatic rings. The van der Waals surface area contributed by atoms with Crippen molar-refractivity contribution >= 4 is 17.5 Å². The Bertz CT molecular complexity index is 701. The smallest absolute Gasteiger partial charge is 0.416 e. The highest BCUT2D eigenvalue weighted by Gasteiger charge is 2.31. The van der Waals surface area contributed by atoms with Gasteiger partial charge in [0.25, 0.3) is 0 Å². The van der Waals surface area contributed by atoms with Crippen molar-refractivity contribution in [3.8, 4) is 5.75 Å². The molecule has 0 radical (unpaired) electrons. The first kappa shape index (κ1) is 16.2. The third-order valence-electron chi connectivity index (χ3n) is 2.87. The molecule has 1 amide bonds. The van der Waals surface area contributed by atoms with E-state index in [0.29, 0.717) is 11.1 Å². The van der Waals surface area contributed by atoms with Crippen LogP contribution in [0, 0.1) is 0 Å². The van der Waals surface area contributed by atoms with Gasteiger partial charge in [-0.3, -0.25) is 4.79 Å². The zero-order valence-corrected chi connectivity index (χ0v) is 11.9. The number of rotatable bonds is 4. The second-order valence-corrected chi connectivity index (χ2v) is 4.90. The van der Waals surface area contributed by atoms with Gasteiger partial charge in [0.15, 0.2) is 0 Å². The summed E-state index contributed by atoms with van der Waals surface area (Å²) in [6.07, 6.45) is -4.46. The number of ether oxygens (including phenoxy) is 1. The maximum absolute atomic E-state index is 12.5. The number of amides is 1. The van der Waals surface area contributed by atoms with Crippen LogP contribution < -0.4 is 10.5 Å². The summed E-state index contributed by atoms with van der Waals surface area (Å²) in [4.78, 5) is 11.1. The van der Waals surface area contributed by atoms with Crippen molar-refractivity contribution in [2.45, 2.75) is 12.8 Å². The topological polar surface area (TPSA) is 52.3 Å². The van der Waals surface area contributed by atoms with Gasteiger partial charge in [0.05, 0.1) is 10.6 Å². The van der Waals surface area contributed by atoms with Crippen LogP contribution in [0.3, 0.4) is 0 Å². The van der Waals surface area contributed by atoms with Gasteiger partial charge >= 0.3 is 6.18 Å². The molecular formula is C15H11ClF3NO2. The molecule has 0 fully saturated rings. The van der Waals surface area contributed by atoms with Crippen molar-refractivity contribution < 1.29 is 22.7 Å². The maximum Gasteiger partial charge on any atom is 0.416 e. The minimum atomic E-state index is -4.46. The summed E-state index contributed by atoms with van der Waals surface area (Å²) < 4.78 is 43.0. The number of benzene rings is 2. The Morgan fingerprint density at radius 2 is 1.91 bits per heavy atom. The number of carbonyl (C=O) groups is 1. The van der Waals surface area contributed by atoms with E-state index in [1.807, 2.05) is 0 Å². The van der Waals surface area contributed by atoms with E-state index in [1.165, 1.54) is 0 Å². The Hall–Kier alpha value is -2.21. The normalized spacial score (nSPS) is 11.3. The molecule has 0 aromatic heterocycles. The fourth-order valence-corrected chi connectivity index (χ4v) is 2.00. The minimum Gasteiger partial charge on any atom is -0.487 e. The van der Waals surface area contributed by atoms with E-state index in [2.05, 4.69) is 0 Å². The van der Waals surface area contributed by atoms with E-state index in [9.17, 15) is 18.0 Å². The van der Waals surface area contributed by atoms with Crippen LogP contribution in [0.4, 0.5) is 13.2 Å². The monoisotopic (exact) mass is 329 g/mol. The second-order valence-electron chi connectivity index (χ2n) is 4.50. The highest BCUT2D eigenvalue weighted by atomic mass is 35.5. The average Bonchev–Trinajstić information content (AvgIpc) is 2.45. The van der Waals surface area contributed by atoms with E-state index in [1.54, 1.807) is 24.3 Å². The predicted molar refractivity (Wildman–Crippen MR) is 75.7 cm³/mol. The van der Waals surface area contributed by atoms with Crippen LogP contribution in [-0.4, -0.2) is 5.91 Å². The molecule has 2 aromatic rings. The summed E-state index contributed by atoms with van der Waals surface area (Å²) in [6, 6.07) is 9.27. The molecule has 22 heavy (non-hydrogen) atoms. The van der Waals surface area contributed by atoms with E-state index < -0.39 is 17.6 Å². The molecule has 116 valence electrons. The number of hydrogen-bond donors (Lipinski definition) is 1. The van der Waals surface area contributed by atoms with Gasteiger partial charge in [-0.2, -0.15) is 13.2 Å². The number of carbonyl (C=O) groups excluding carboxylic acids is 1. The van der Waals surface area contributed by atoms with Crippen molar-refractivity contribution in [3.05, 3.63) is 64.2 Å². The van der Waals surface area contributed by atoms with Gasteiger partial charge in [0, 0.05) is 5.56 Å². The van der Waals surface area contributed by atoms with Crippen LogP contribution in [-0.2, 0) is 12.8 Å². The maximum atomic E-state index is 12.5. The minimum absolute atomic E-state index is 0.0478. The molecule has 0 saturated carbocycles. The molecule has 2 aromatic carbocycles. The van der Waals surface area contributed by atoms with Crippen molar-refractivity contribution in [1.29, 1.82) is 0 Å². The van der Waals surface area contributed by atoms with Crippen molar-refractivity contribution in [2.75, 3.05) is 0 Å².